The number of piperidine rings is 1. The number of sulfonamides is 1. The van der Waals surface area contributed by atoms with Gasteiger partial charge in [0, 0.05) is 26.2 Å². The number of nitrogens with zero attached hydrogens (tertiary/aromatic N) is 2. The van der Waals surface area contributed by atoms with Gasteiger partial charge in [0.15, 0.2) is 0 Å². The Morgan fingerprint density at radius 1 is 1.18 bits per heavy atom. The summed E-state index contributed by atoms with van der Waals surface area (Å²) in [6.07, 6.45) is 1.04. The van der Waals surface area contributed by atoms with Crippen LogP contribution >= 0.6 is 11.8 Å². The number of hydrogen-bond acceptors (Lipinski definition) is 7. The first-order chi connectivity index (χ1) is 16.1. The van der Waals surface area contributed by atoms with Crippen molar-refractivity contribution < 1.29 is 37.1 Å². The second kappa shape index (κ2) is 11.1. The van der Waals surface area contributed by atoms with Gasteiger partial charge in [-0.25, -0.2) is 12.8 Å². The Kier molecular flexibility index (Phi) is 8.49. The predicted molar refractivity (Wildman–Crippen MR) is 120 cm³/mol. The summed E-state index contributed by atoms with van der Waals surface area (Å²) < 4.78 is 40.8. The highest BCUT2D eigenvalue weighted by atomic mass is 32.2. The molecule has 3 rings (SSSR count). The minimum absolute atomic E-state index is 0.0133. The van der Waals surface area contributed by atoms with Gasteiger partial charge >= 0.3 is 5.97 Å². The largest absolute Gasteiger partial charge is 0.481 e. The minimum Gasteiger partial charge on any atom is -0.481 e. The van der Waals surface area contributed by atoms with Crippen LogP contribution in [-0.2, 0) is 29.2 Å². The summed E-state index contributed by atoms with van der Waals surface area (Å²) in [5.41, 5.74) is 0. The van der Waals surface area contributed by atoms with Gasteiger partial charge < -0.3 is 20.6 Å². The molecule has 34 heavy (non-hydrogen) atoms. The third kappa shape index (κ3) is 6.24. The van der Waals surface area contributed by atoms with Crippen molar-refractivity contribution >= 4 is 45.5 Å². The molecule has 0 saturated carbocycles. The zero-order valence-corrected chi connectivity index (χ0v) is 19.7. The number of rotatable bonds is 8. The van der Waals surface area contributed by atoms with Gasteiger partial charge in [-0.05, 0) is 37.1 Å². The van der Waals surface area contributed by atoms with Crippen LogP contribution in [-0.4, -0.2) is 96.2 Å². The van der Waals surface area contributed by atoms with Gasteiger partial charge in [0.25, 0.3) is 0 Å². The third-order valence-corrected chi connectivity index (χ3v) is 8.28. The quantitative estimate of drug-likeness (QED) is 0.408. The highest BCUT2D eigenvalue weighted by Gasteiger charge is 2.42. The van der Waals surface area contributed by atoms with Crippen molar-refractivity contribution in [2.24, 2.45) is 0 Å². The van der Waals surface area contributed by atoms with E-state index in [1.54, 1.807) is 0 Å². The second-order valence-corrected chi connectivity index (χ2v) is 10.7. The summed E-state index contributed by atoms with van der Waals surface area (Å²) in [7, 11) is -4.22. The topological polar surface area (TPSA) is 153 Å². The average molecular weight is 517 g/mol. The van der Waals surface area contributed by atoms with Crippen LogP contribution in [0.25, 0.3) is 0 Å². The molecule has 1 aromatic rings. The lowest BCUT2D eigenvalue weighted by Gasteiger charge is -2.40. The predicted octanol–water partition coefficient (Wildman–Crippen LogP) is -0.760. The molecule has 2 unspecified atom stereocenters. The van der Waals surface area contributed by atoms with E-state index in [9.17, 15) is 32.0 Å². The van der Waals surface area contributed by atoms with E-state index < -0.39 is 45.7 Å². The van der Waals surface area contributed by atoms with Crippen molar-refractivity contribution in [1.29, 1.82) is 0 Å². The molecule has 3 amide bonds. The van der Waals surface area contributed by atoms with Crippen molar-refractivity contribution in [3.63, 3.8) is 0 Å². The molecule has 0 bridgehead atoms. The Balaban J connectivity index is 1.81. The van der Waals surface area contributed by atoms with Crippen LogP contribution in [0.2, 0.25) is 0 Å². The molecule has 3 N–H and O–H groups in total. The van der Waals surface area contributed by atoms with E-state index in [2.05, 4.69) is 10.6 Å². The molecule has 2 fully saturated rings. The lowest BCUT2D eigenvalue weighted by molar-refractivity contribution is -0.136. The van der Waals surface area contributed by atoms with Gasteiger partial charge in [-0.3, -0.25) is 19.2 Å². The van der Waals surface area contributed by atoms with E-state index in [0.717, 1.165) is 40.3 Å². The molecule has 0 spiro atoms. The maximum Gasteiger partial charge on any atom is 0.313 e. The molecule has 1 aromatic carbocycles. The first-order valence-electron chi connectivity index (χ1n) is 10.5. The summed E-state index contributed by atoms with van der Waals surface area (Å²) in [6, 6.07) is 2.02. The number of thioether (sulfide) groups is 1. The Morgan fingerprint density at radius 2 is 1.88 bits per heavy atom. The van der Waals surface area contributed by atoms with E-state index in [4.69, 9.17) is 5.11 Å². The monoisotopic (exact) mass is 516 g/mol. The third-order valence-electron chi connectivity index (χ3n) is 5.46. The highest BCUT2D eigenvalue weighted by molar-refractivity contribution is 8.00. The molecule has 2 aliphatic heterocycles. The fraction of sp³-hybridized carbons (Fsp3) is 0.500. The SMILES string of the molecule is O=C(O)CSCC(=O)N1CCN(S(=O)(=O)c2ccc(F)cc2)C(C(=O)NC2CCCNC2=O)C1. The van der Waals surface area contributed by atoms with E-state index in [-0.39, 0.29) is 41.9 Å². The lowest BCUT2D eigenvalue weighted by Crippen LogP contribution is -2.63. The maximum atomic E-state index is 13.3. The van der Waals surface area contributed by atoms with E-state index in [1.165, 1.54) is 4.90 Å². The number of aliphatic carboxylic acids is 1. The molecule has 0 aliphatic carbocycles. The summed E-state index contributed by atoms with van der Waals surface area (Å²) in [4.78, 5) is 49.6. The number of carboxylic acid groups (broad SMARTS) is 1. The summed E-state index contributed by atoms with van der Waals surface area (Å²) in [6.45, 7) is -0.00631. The summed E-state index contributed by atoms with van der Waals surface area (Å²) >= 11 is 0.894. The number of piperazine rings is 1. The second-order valence-electron chi connectivity index (χ2n) is 7.81. The van der Waals surface area contributed by atoms with Crippen LogP contribution in [0.5, 0.6) is 0 Å². The molecule has 0 radical (unpaired) electrons. The van der Waals surface area contributed by atoms with Gasteiger partial charge in [-0.2, -0.15) is 4.31 Å². The van der Waals surface area contributed by atoms with Crippen molar-refractivity contribution in [3.8, 4) is 0 Å². The van der Waals surface area contributed by atoms with Crippen LogP contribution in [0, 0.1) is 5.82 Å². The number of benzene rings is 1. The standard InChI is InChI=1S/C20H25FN4O7S2/c21-13-3-5-14(6-4-13)34(31,32)25-9-8-24(17(26)11-33-12-18(27)28)10-16(25)20(30)23-15-2-1-7-22-19(15)29/h3-6,15-16H,1-2,7-12H2,(H,22,29)(H,23,30)(H,27,28). The molecule has 14 heteroatoms. The molecule has 2 atom stereocenters. The first kappa shape index (κ1) is 25.9. The molecular formula is C20H25FN4O7S2. The van der Waals surface area contributed by atoms with Crippen LogP contribution in [0.1, 0.15) is 12.8 Å². The molecule has 2 heterocycles. The van der Waals surface area contributed by atoms with Gasteiger partial charge in [-0.15, -0.1) is 11.8 Å². The smallest absolute Gasteiger partial charge is 0.313 e. The van der Waals surface area contributed by atoms with Crippen molar-refractivity contribution in [2.75, 3.05) is 37.7 Å². The van der Waals surface area contributed by atoms with Gasteiger partial charge in [0.1, 0.15) is 17.9 Å². The molecule has 11 nitrogen and oxygen atoms in total. The van der Waals surface area contributed by atoms with Crippen LogP contribution in [0.3, 0.4) is 0 Å². The number of nitrogens with one attached hydrogen (secondary N) is 2. The molecular weight excluding hydrogens is 491 g/mol. The number of carboxylic acids is 1. The number of hydrogen-bond donors (Lipinski definition) is 3. The van der Waals surface area contributed by atoms with Crippen LogP contribution in [0.15, 0.2) is 29.2 Å². The number of carbonyl (C=O) groups excluding carboxylic acids is 3. The molecule has 0 aromatic heterocycles. The van der Waals surface area contributed by atoms with Crippen molar-refractivity contribution in [3.05, 3.63) is 30.1 Å². The Morgan fingerprint density at radius 3 is 2.53 bits per heavy atom. The average Bonchev–Trinajstić information content (AvgIpc) is 2.80. The van der Waals surface area contributed by atoms with Crippen molar-refractivity contribution in [2.45, 2.75) is 29.8 Å². The van der Waals surface area contributed by atoms with Crippen LogP contribution < -0.4 is 10.6 Å². The van der Waals surface area contributed by atoms with Crippen molar-refractivity contribution in [1.82, 2.24) is 19.8 Å². The van der Waals surface area contributed by atoms with Gasteiger partial charge in [0.2, 0.25) is 27.7 Å². The fourth-order valence-corrected chi connectivity index (χ4v) is 5.93. The normalized spacial score (nSPS) is 21.6. The Hall–Kier alpha value is -2.71. The molecule has 186 valence electrons. The number of carbonyl (C=O) groups is 4. The maximum absolute atomic E-state index is 13.3. The zero-order valence-electron chi connectivity index (χ0n) is 18.1. The number of halogens is 1. The Labute approximate surface area is 200 Å². The van der Waals surface area contributed by atoms with E-state index in [1.807, 2.05) is 0 Å². The highest BCUT2D eigenvalue weighted by Crippen LogP contribution is 2.23. The van der Waals surface area contributed by atoms with E-state index >= 15 is 0 Å². The fourth-order valence-electron chi connectivity index (χ4n) is 3.73. The Bertz CT molecular complexity index is 1050. The van der Waals surface area contributed by atoms with Gasteiger partial charge in [-0.1, -0.05) is 0 Å². The summed E-state index contributed by atoms with van der Waals surface area (Å²) in [5.74, 6) is -3.65. The lowest BCUT2D eigenvalue weighted by atomic mass is 10.1. The molecule has 2 saturated heterocycles. The van der Waals surface area contributed by atoms with Gasteiger partial charge in [0.05, 0.1) is 16.4 Å². The first-order valence-corrected chi connectivity index (χ1v) is 13.1. The van der Waals surface area contributed by atoms with Crippen LogP contribution in [0.4, 0.5) is 4.39 Å². The number of amides is 3. The van der Waals surface area contributed by atoms with E-state index in [0.29, 0.717) is 19.4 Å². The zero-order chi connectivity index (χ0) is 24.9. The minimum atomic E-state index is -4.22. The summed E-state index contributed by atoms with van der Waals surface area (Å²) in [5, 5.41) is 14.0. The molecule has 2 aliphatic rings.